The Morgan fingerprint density at radius 1 is 1.33 bits per heavy atom. The molecule has 1 atom stereocenters. The Morgan fingerprint density at radius 3 is 2.81 bits per heavy atom. The molecule has 0 aliphatic carbocycles. The molecule has 2 rings (SSSR count). The van der Waals surface area contributed by atoms with Crippen molar-refractivity contribution in [2.45, 2.75) is 12.5 Å². The van der Waals surface area contributed by atoms with Crippen LogP contribution >= 0.6 is 0 Å². The molecule has 0 aliphatic heterocycles. The number of pyridine rings is 1. The molecule has 3 N–H and O–H groups in total. The van der Waals surface area contributed by atoms with Crippen LogP contribution in [0.5, 0.6) is 0 Å². The number of methoxy groups -OCH3 is 1. The lowest BCUT2D eigenvalue weighted by molar-refractivity contribution is 0.0601. The van der Waals surface area contributed by atoms with Gasteiger partial charge in [0, 0.05) is 23.7 Å². The fraction of sp³-hybridized carbons (Fsp3) is 0.250. The van der Waals surface area contributed by atoms with Crippen LogP contribution in [-0.4, -0.2) is 35.8 Å². The molecule has 0 radical (unpaired) electrons. The third-order valence-electron chi connectivity index (χ3n) is 3.09. The molecule has 1 heterocycles. The first-order chi connectivity index (χ1) is 10.1. The third kappa shape index (κ3) is 3.87. The van der Waals surface area contributed by atoms with Crippen LogP contribution in [0.1, 0.15) is 16.1 Å². The molecule has 0 amide bonds. The maximum absolute atomic E-state index is 11.6. The predicted molar refractivity (Wildman–Crippen MR) is 79.8 cm³/mol. The summed E-state index contributed by atoms with van der Waals surface area (Å²) in [5, 5.41) is 9.00. The Bertz CT molecular complexity index is 628. The Balaban J connectivity index is 2.29. The van der Waals surface area contributed by atoms with E-state index in [1.807, 2.05) is 24.3 Å². The van der Waals surface area contributed by atoms with Gasteiger partial charge in [0.1, 0.15) is 0 Å². The van der Waals surface area contributed by atoms with Gasteiger partial charge in [-0.2, -0.15) is 0 Å². The Morgan fingerprint density at radius 2 is 2.10 bits per heavy atom. The van der Waals surface area contributed by atoms with Crippen molar-refractivity contribution in [3.63, 3.8) is 0 Å². The van der Waals surface area contributed by atoms with Crippen LogP contribution in [0.25, 0.3) is 11.3 Å². The zero-order valence-electron chi connectivity index (χ0n) is 11.8. The van der Waals surface area contributed by atoms with E-state index in [1.165, 1.54) is 7.11 Å². The second-order valence-electron chi connectivity index (χ2n) is 4.73. The van der Waals surface area contributed by atoms with Gasteiger partial charge in [-0.25, -0.2) is 4.79 Å². The quantitative estimate of drug-likeness (QED) is 0.811. The van der Waals surface area contributed by atoms with Crippen molar-refractivity contribution in [3.05, 3.63) is 53.7 Å². The highest BCUT2D eigenvalue weighted by atomic mass is 16.5. The maximum atomic E-state index is 11.6. The van der Waals surface area contributed by atoms with Crippen LogP contribution in [-0.2, 0) is 11.2 Å². The number of carbonyl (C=O) groups is 1. The summed E-state index contributed by atoms with van der Waals surface area (Å²) in [5.41, 5.74) is 8.59. The highest BCUT2D eigenvalue weighted by molar-refractivity contribution is 5.90. The summed E-state index contributed by atoms with van der Waals surface area (Å²) >= 11 is 0. The van der Waals surface area contributed by atoms with E-state index >= 15 is 0 Å². The number of carbonyl (C=O) groups excluding carboxylic acids is 1. The van der Waals surface area contributed by atoms with E-state index in [-0.39, 0.29) is 18.6 Å². The van der Waals surface area contributed by atoms with Crippen LogP contribution in [0.2, 0.25) is 0 Å². The van der Waals surface area contributed by atoms with Crippen LogP contribution in [0.15, 0.2) is 42.5 Å². The molecule has 0 aliphatic rings. The summed E-state index contributed by atoms with van der Waals surface area (Å²) in [7, 11) is 1.35. The van der Waals surface area contributed by atoms with Crippen molar-refractivity contribution in [1.29, 1.82) is 0 Å². The fourth-order valence-electron chi connectivity index (χ4n) is 2.01. The second-order valence-corrected chi connectivity index (χ2v) is 4.73. The Hall–Kier alpha value is -2.24. The molecule has 1 aromatic carbocycles. The van der Waals surface area contributed by atoms with Gasteiger partial charge in [0.25, 0.3) is 0 Å². The molecular formula is C16H18N2O3. The van der Waals surface area contributed by atoms with Gasteiger partial charge >= 0.3 is 5.97 Å². The molecule has 0 saturated carbocycles. The van der Waals surface area contributed by atoms with Crippen molar-refractivity contribution >= 4 is 5.97 Å². The Labute approximate surface area is 123 Å². The first-order valence-corrected chi connectivity index (χ1v) is 6.65. The van der Waals surface area contributed by atoms with Crippen LogP contribution < -0.4 is 5.73 Å². The average Bonchev–Trinajstić information content (AvgIpc) is 2.54. The number of aliphatic hydroxyl groups is 1. The lowest BCUT2D eigenvalue weighted by atomic mass is 10.1. The van der Waals surface area contributed by atoms with Crippen molar-refractivity contribution in [1.82, 2.24) is 4.98 Å². The first kappa shape index (κ1) is 15.2. The zero-order chi connectivity index (χ0) is 15.2. The second kappa shape index (κ2) is 6.97. The van der Waals surface area contributed by atoms with Crippen molar-refractivity contribution in [2.75, 3.05) is 13.7 Å². The number of ether oxygens (including phenoxy) is 1. The SMILES string of the molecule is COC(=O)c1cccc(-c2cccc(CC(N)CO)n2)c1. The lowest BCUT2D eigenvalue weighted by Gasteiger charge is -2.09. The van der Waals surface area contributed by atoms with Gasteiger partial charge in [0.05, 0.1) is 25.0 Å². The number of hydrogen-bond donors (Lipinski definition) is 2. The zero-order valence-corrected chi connectivity index (χ0v) is 11.8. The number of esters is 1. The molecule has 5 nitrogen and oxygen atoms in total. The van der Waals surface area contributed by atoms with Gasteiger partial charge in [-0.3, -0.25) is 4.98 Å². The molecule has 1 aromatic heterocycles. The van der Waals surface area contributed by atoms with Crippen LogP contribution in [0, 0.1) is 0 Å². The first-order valence-electron chi connectivity index (χ1n) is 6.65. The van der Waals surface area contributed by atoms with E-state index in [0.29, 0.717) is 12.0 Å². The van der Waals surface area contributed by atoms with Gasteiger partial charge in [-0.05, 0) is 24.3 Å². The lowest BCUT2D eigenvalue weighted by Crippen LogP contribution is -2.27. The minimum absolute atomic E-state index is 0.0796. The molecule has 110 valence electrons. The highest BCUT2D eigenvalue weighted by Crippen LogP contribution is 2.19. The van der Waals surface area contributed by atoms with E-state index in [2.05, 4.69) is 4.98 Å². The molecule has 21 heavy (non-hydrogen) atoms. The standard InChI is InChI=1S/C16H18N2O3/c1-21-16(20)12-5-2-4-11(8-12)15-7-3-6-14(18-15)9-13(17)10-19/h2-8,13,19H,9-10,17H2,1H3. The van der Waals surface area contributed by atoms with E-state index in [4.69, 9.17) is 15.6 Å². The van der Waals surface area contributed by atoms with E-state index in [0.717, 1.165) is 17.0 Å². The topological polar surface area (TPSA) is 85.4 Å². The molecule has 1 unspecified atom stereocenters. The monoisotopic (exact) mass is 286 g/mol. The number of hydrogen-bond acceptors (Lipinski definition) is 5. The normalized spacial score (nSPS) is 12.0. The number of benzene rings is 1. The number of nitrogens with zero attached hydrogens (tertiary/aromatic N) is 1. The van der Waals surface area contributed by atoms with Crippen molar-refractivity contribution < 1.29 is 14.6 Å². The minimum atomic E-state index is -0.379. The number of rotatable bonds is 5. The number of aliphatic hydroxyl groups excluding tert-OH is 1. The van der Waals surface area contributed by atoms with Gasteiger partial charge in [-0.15, -0.1) is 0 Å². The predicted octanol–water partition coefficient (Wildman–Crippen LogP) is 1.40. The summed E-state index contributed by atoms with van der Waals surface area (Å²) in [6.07, 6.45) is 0.501. The summed E-state index contributed by atoms with van der Waals surface area (Å²) in [5.74, 6) is -0.379. The summed E-state index contributed by atoms with van der Waals surface area (Å²) in [6, 6.07) is 12.4. The summed E-state index contributed by atoms with van der Waals surface area (Å²) in [6.45, 7) is -0.0796. The molecule has 0 fully saturated rings. The van der Waals surface area contributed by atoms with E-state index in [1.54, 1.807) is 18.2 Å². The molecule has 2 aromatic rings. The Kier molecular flexibility index (Phi) is 5.03. The minimum Gasteiger partial charge on any atom is -0.465 e. The smallest absolute Gasteiger partial charge is 0.337 e. The molecule has 5 heteroatoms. The van der Waals surface area contributed by atoms with Crippen molar-refractivity contribution in [2.24, 2.45) is 5.73 Å². The highest BCUT2D eigenvalue weighted by Gasteiger charge is 2.09. The largest absolute Gasteiger partial charge is 0.465 e. The average molecular weight is 286 g/mol. The molecule has 0 bridgehead atoms. The van der Waals surface area contributed by atoms with Crippen LogP contribution in [0.3, 0.4) is 0 Å². The third-order valence-corrected chi connectivity index (χ3v) is 3.09. The van der Waals surface area contributed by atoms with E-state index < -0.39 is 0 Å². The van der Waals surface area contributed by atoms with Gasteiger partial charge in [0.15, 0.2) is 0 Å². The van der Waals surface area contributed by atoms with E-state index in [9.17, 15) is 4.79 Å². The molecular weight excluding hydrogens is 268 g/mol. The molecule has 0 spiro atoms. The van der Waals surface area contributed by atoms with Gasteiger partial charge in [-0.1, -0.05) is 18.2 Å². The molecule has 0 saturated heterocycles. The van der Waals surface area contributed by atoms with Gasteiger partial charge in [0.2, 0.25) is 0 Å². The van der Waals surface area contributed by atoms with Crippen molar-refractivity contribution in [3.8, 4) is 11.3 Å². The number of aromatic nitrogens is 1. The summed E-state index contributed by atoms with van der Waals surface area (Å²) in [4.78, 5) is 16.1. The van der Waals surface area contributed by atoms with Crippen LogP contribution in [0.4, 0.5) is 0 Å². The maximum Gasteiger partial charge on any atom is 0.337 e. The number of nitrogens with two attached hydrogens (primary N) is 1. The summed E-state index contributed by atoms with van der Waals surface area (Å²) < 4.78 is 4.71. The fourth-order valence-corrected chi connectivity index (χ4v) is 2.01. The van der Waals surface area contributed by atoms with Gasteiger partial charge < -0.3 is 15.6 Å².